The highest BCUT2D eigenvalue weighted by atomic mass is 16.5. The average Bonchev–Trinajstić information content (AvgIpc) is 2.57. The topological polar surface area (TPSA) is 112 Å². The van der Waals surface area contributed by atoms with Gasteiger partial charge in [-0.1, -0.05) is 0 Å². The number of nitrogens with two attached hydrogens (primary N) is 1. The minimum atomic E-state index is -0.00508. The Labute approximate surface area is 68.7 Å². The fraction of sp³-hybridized carbons (Fsp3) is 0.400. The number of aliphatic imine (C=N–C) groups is 1. The quantitative estimate of drug-likeness (QED) is 0.254. The van der Waals surface area contributed by atoms with E-state index in [0.29, 0.717) is 13.0 Å². The van der Waals surface area contributed by atoms with Gasteiger partial charge in [-0.2, -0.15) is 5.10 Å². The van der Waals surface area contributed by atoms with Crippen LogP contribution in [0, 0.1) is 0 Å². The largest absolute Gasteiger partial charge is 0.368 e. The fourth-order valence-corrected chi connectivity index (χ4v) is 0.669. The number of hydroxylamine groups is 1. The maximum Gasteiger partial charge on any atom is 0.212 e. The SMILES string of the molecule is NC(=NCCc1ncn[nH]1)NO. The number of nitrogens with one attached hydrogen (secondary N) is 2. The van der Waals surface area contributed by atoms with E-state index in [0.717, 1.165) is 5.82 Å². The third-order valence-electron chi connectivity index (χ3n) is 1.21. The number of hydrogen-bond donors (Lipinski definition) is 4. The Morgan fingerprint density at radius 2 is 2.67 bits per heavy atom. The molecule has 0 spiro atoms. The summed E-state index contributed by atoms with van der Waals surface area (Å²) >= 11 is 0. The maximum absolute atomic E-state index is 8.25. The molecule has 0 amide bonds. The molecule has 1 heterocycles. The molecule has 0 fully saturated rings. The highest BCUT2D eigenvalue weighted by molar-refractivity contribution is 5.76. The van der Waals surface area contributed by atoms with Crippen molar-refractivity contribution in [3.63, 3.8) is 0 Å². The Kier molecular flexibility index (Phi) is 3.03. The molecule has 1 rings (SSSR count). The van der Waals surface area contributed by atoms with Crippen LogP contribution in [0.25, 0.3) is 0 Å². The van der Waals surface area contributed by atoms with Crippen molar-refractivity contribution in [2.75, 3.05) is 6.54 Å². The predicted octanol–water partition coefficient (Wildman–Crippen LogP) is -1.36. The van der Waals surface area contributed by atoms with Crippen LogP contribution < -0.4 is 11.2 Å². The number of aromatic nitrogens is 3. The minimum absolute atomic E-state index is 0.00508. The maximum atomic E-state index is 8.25. The molecule has 7 nitrogen and oxygen atoms in total. The molecular formula is C5H10N6O. The van der Waals surface area contributed by atoms with Gasteiger partial charge in [-0.3, -0.25) is 15.3 Å². The van der Waals surface area contributed by atoms with Crippen molar-refractivity contribution in [2.45, 2.75) is 6.42 Å². The Bertz CT molecular complexity index is 242. The van der Waals surface area contributed by atoms with Crippen LogP contribution in [0.2, 0.25) is 0 Å². The Hall–Kier alpha value is -1.63. The average molecular weight is 170 g/mol. The van der Waals surface area contributed by atoms with Crippen LogP contribution in [0.1, 0.15) is 5.82 Å². The van der Waals surface area contributed by atoms with E-state index < -0.39 is 0 Å². The molecule has 0 saturated heterocycles. The third-order valence-corrected chi connectivity index (χ3v) is 1.21. The van der Waals surface area contributed by atoms with Gasteiger partial charge in [0.05, 0.1) is 0 Å². The highest BCUT2D eigenvalue weighted by Crippen LogP contribution is 1.87. The van der Waals surface area contributed by atoms with E-state index in [1.54, 1.807) is 5.48 Å². The minimum Gasteiger partial charge on any atom is -0.368 e. The van der Waals surface area contributed by atoms with Crippen molar-refractivity contribution in [3.05, 3.63) is 12.2 Å². The second kappa shape index (κ2) is 4.29. The molecule has 1 aromatic heterocycles. The molecule has 66 valence electrons. The molecule has 0 saturated carbocycles. The first kappa shape index (κ1) is 8.47. The van der Waals surface area contributed by atoms with Crippen molar-refractivity contribution in [1.29, 1.82) is 0 Å². The molecule has 0 bridgehead atoms. The van der Waals surface area contributed by atoms with Crippen LogP contribution in [0.5, 0.6) is 0 Å². The molecule has 0 aliphatic carbocycles. The van der Waals surface area contributed by atoms with Crippen LogP contribution in [0.4, 0.5) is 0 Å². The van der Waals surface area contributed by atoms with E-state index >= 15 is 0 Å². The van der Waals surface area contributed by atoms with Crippen molar-refractivity contribution in [3.8, 4) is 0 Å². The summed E-state index contributed by atoms with van der Waals surface area (Å²) in [5, 5.41) is 14.6. The van der Waals surface area contributed by atoms with Crippen LogP contribution in [-0.2, 0) is 6.42 Å². The second-order valence-corrected chi connectivity index (χ2v) is 2.06. The second-order valence-electron chi connectivity index (χ2n) is 2.06. The summed E-state index contributed by atoms with van der Waals surface area (Å²) in [5.41, 5.74) is 6.88. The molecule has 12 heavy (non-hydrogen) atoms. The van der Waals surface area contributed by atoms with E-state index in [-0.39, 0.29) is 5.96 Å². The van der Waals surface area contributed by atoms with Gasteiger partial charge >= 0.3 is 0 Å². The predicted molar refractivity (Wildman–Crippen MR) is 41.5 cm³/mol. The number of guanidine groups is 1. The van der Waals surface area contributed by atoms with Gasteiger partial charge in [0.15, 0.2) is 0 Å². The van der Waals surface area contributed by atoms with E-state index in [4.69, 9.17) is 10.9 Å². The van der Waals surface area contributed by atoms with Crippen LogP contribution in [0.3, 0.4) is 0 Å². The van der Waals surface area contributed by atoms with E-state index in [1.807, 2.05) is 0 Å². The lowest BCUT2D eigenvalue weighted by Crippen LogP contribution is -2.28. The van der Waals surface area contributed by atoms with Gasteiger partial charge in [0, 0.05) is 13.0 Å². The zero-order valence-electron chi connectivity index (χ0n) is 6.36. The van der Waals surface area contributed by atoms with Gasteiger partial charge in [0.2, 0.25) is 5.96 Å². The molecule has 0 unspecified atom stereocenters. The first-order chi connectivity index (χ1) is 5.83. The highest BCUT2D eigenvalue weighted by Gasteiger charge is 1.93. The lowest BCUT2D eigenvalue weighted by molar-refractivity contribution is 0.232. The van der Waals surface area contributed by atoms with E-state index in [2.05, 4.69) is 20.2 Å². The monoisotopic (exact) mass is 170 g/mol. The first-order valence-electron chi connectivity index (χ1n) is 3.37. The van der Waals surface area contributed by atoms with E-state index in [1.165, 1.54) is 6.33 Å². The summed E-state index contributed by atoms with van der Waals surface area (Å²) in [4.78, 5) is 7.64. The van der Waals surface area contributed by atoms with Crippen molar-refractivity contribution >= 4 is 5.96 Å². The third kappa shape index (κ3) is 2.54. The lowest BCUT2D eigenvalue weighted by Gasteiger charge is -1.95. The van der Waals surface area contributed by atoms with Crippen LogP contribution >= 0.6 is 0 Å². The smallest absolute Gasteiger partial charge is 0.212 e. The molecule has 1 aromatic rings. The molecule has 0 aliphatic rings. The van der Waals surface area contributed by atoms with Crippen molar-refractivity contribution in [1.82, 2.24) is 20.7 Å². The number of H-pyrrole nitrogens is 1. The molecule has 0 radical (unpaired) electrons. The van der Waals surface area contributed by atoms with Gasteiger partial charge in [-0.25, -0.2) is 10.5 Å². The zero-order valence-corrected chi connectivity index (χ0v) is 6.36. The normalized spacial score (nSPS) is 11.6. The summed E-state index contributed by atoms with van der Waals surface area (Å²) < 4.78 is 0. The number of hydrogen-bond acceptors (Lipinski definition) is 4. The zero-order chi connectivity index (χ0) is 8.81. The van der Waals surface area contributed by atoms with Gasteiger partial charge in [-0.15, -0.1) is 0 Å². The fourth-order valence-electron chi connectivity index (χ4n) is 0.669. The molecule has 0 atom stereocenters. The van der Waals surface area contributed by atoms with Gasteiger partial charge in [0.25, 0.3) is 0 Å². The molecule has 0 aliphatic heterocycles. The lowest BCUT2D eigenvalue weighted by atomic mass is 10.4. The first-order valence-corrected chi connectivity index (χ1v) is 3.37. The van der Waals surface area contributed by atoms with Crippen LogP contribution in [-0.4, -0.2) is 32.9 Å². The summed E-state index contributed by atoms with van der Waals surface area (Å²) in [6.45, 7) is 0.453. The van der Waals surface area contributed by atoms with Crippen LogP contribution in [0.15, 0.2) is 11.3 Å². The summed E-state index contributed by atoms with van der Waals surface area (Å²) in [6, 6.07) is 0. The molecular weight excluding hydrogens is 160 g/mol. The molecule has 7 heteroatoms. The summed E-state index contributed by atoms with van der Waals surface area (Å²) in [6.07, 6.45) is 2.04. The Morgan fingerprint density at radius 3 is 3.25 bits per heavy atom. The van der Waals surface area contributed by atoms with Gasteiger partial charge in [0.1, 0.15) is 12.2 Å². The van der Waals surface area contributed by atoms with Gasteiger partial charge in [-0.05, 0) is 0 Å². The standard InChI is InChI=1S/C5H10N6O/c6-5(11-12)7-2-1-4-8-3-9-10-4/h3,12H,1-2H2,(H3,6,7,11)(H,8,9,10). The van der Waals surface area contributed by atoms with E-state index in [9.17, 15) is 0 Å². The van der Waals surface area contributed by atoms with Crippen molar-refractivity contribution < 1.29 is 5.21 Å². The molecule has 0 aromatic carbocycles. The number of aromatic amines is 1. The van der Waals surface area contributed by atoms with Crippen molar-refractivity contribution in [2.24, 2.45) is 10.7 Å². The Balaban J connectivity index is 2.28. The summed E-state index contributed by atoms with van der Waals surface area (Å²) in [5.74, 6) is 0.735. The Morgan fingerprint density at radius 1 is 1.83 bits per heavy atom. The number of nitrogens with zero attached hydrogens (tertiary/aromatic N) is 3. The molecule has 5 N–H and O–H groups in total. The van der Waals surface area contributed by atoms with Gasteiger partial charge < -0.3 is 5.73 Å². The summed E-state index contributed by atoms with van der Waals surface area (Å²) in [7, 11) is 0. The number of rotatable bonds is 3.